The van der Waals surface area contributed by atoms with Gasteiger partial charge in [-0.05, 0) is 48.3 Å². The van der Waals surface area contributed by atoms with Gasteiger partial charge in [0.25, 0.3) is 5.91 Å². The number of aryl methyl sites for hydroxylation is 1. The van der Waals surface area contributed by atoms with Crippen molar-refractivity contribution in [3.63, 3.8) is 0 Å². The van der Waals surface area contributed by atoms with Crippen molar-refractivity contribution in [2.24, 2.45) is 0 Å². The highest BCUT2D eigenvalue weighted by Gasteiger charge is 2.18. The second kappa shape index (κ2) is 6.21. The van der Waals surface area contributed by atoms with Gasteiger partial charge >= 0.3 is 0 Å². The Balaban J connectivity index is 1.88. The number of hydrogen-bond acceptors (Lipinski definition) is 5. The van der Waals surface area contributed by atoms with E-state index in [1.807, 2.05) is 31.2 Å². The molecule has 2 heterocycles. The van der Waals surface area contributed by atoms with E-state index in [4.69, 9.17) is 11.6 Å². The molecule has 5 nitrogen and oxygen atoms in total. The van der Waals surface area contributed by atoms with E-state index in [1.54, 1.807) is 18.2 Å². The van der Waals surface area contributed by atoms with Crippen molar-refractivity contribution in [2.45, 2.75) is 6.92 Å². The molecule has 3 aromatic rings. The van der Waals surface area contributed by atoms with E-state index in [1.165, 1.54) is 11.5 Å². The number of halogens is 1. The molecule has 0 aliphatic rings. The highest BCUT2D eigenvalue weighted by Crippen LogP contribution is 2.27. The molecule has 1 amide bonds. The normalized spacial score (nSPS) is 10.5. The van der Waals surface area contributed by atoms with E-state index >= 15 is 0 Å². The summed E-state index contributed by atoms with van der Waals surface area (Å²) in [7, 11) is 0. The lowest BCUT2D eigenvalue weighted by Gasteiger charge is -2.04. The first-order chi connectivity index (χ1) is 10.6. The molecular weight excluding hydrogens is 320 g/mol. The third kappa shape index (κ3) is 3.13. The first-order valence-corrected chi connectivity index (χ1v) is 7.62. The average Bonchev–Trinajstić information content (AvgIpc) is 2.97. The van der Waals surface area contributed by atoms with Gasteiger partial charge in [0.1, 0.15) is 5.82 Å². The molecule has 1 N–H and O–H groups in total. The second-order valence-electron chi connectivity index (χ2n) is 4.58. The number of amides is 1. The molecule has 0 aliphatic carbocycles. The van der Waals surface area contributed by atoms with Crippen molar-refractivity contribution in [1.29, 1.82) is 0 Å². The predicted octanol–water partition coefficient (Wildman–Crippen LogP) is 3.81. The molecule has 0 saturated heterocycles. The molecule has 0 aliphatic heterocycles. The maximum absolute atomic E-state index is 12.4. The molecule has 0 fully saturated rings. The van der Waals surface area contributed by atoms with Crippen molar-refractivity contribution < 1.29 is 4.79 Å². The number of rotatable bonds is 3. The van der Waals surface area contributed by atoms with Crippen LogP contribution in [0.5, 0.6) is 0 Å². The zero-order valence-corrected chi connectivity index (χ0v) is 13.1. The Morgan fingerprint density at radius 3 is 2.68 bits per heavy atom. The molecule has 22 heavy (non-hydrogen) atoms. The van der Waals surface area contributed by atoms with Gasteiger partial charge < -0.3 is 5.32 Å². The van der Waals surface area contributed by atoms with Gasteiger partial charge in [-0.25, -0.2) is 4.98 Å². The first kappa shape index (κ1) is 14.6. The topological polar surface area (TPSA) is 67.8 Å². The number of nitrogens with zero attached hydrogens (tertiary/aromatic N) is 3. The molecule has 7 heteroatoms. The van der Waals surface area contributed by atoms with Crippen LogP contribution in [0.4, 0.5) is 5.82 Å². The van der Waals surface area contributed by atoms with Crippen LogP contribution in [0, 0.1) is 6.92 Å². The molecule has 110 valence electrons. The Morgan fingerprint density at radius 1 is 1.18 bits per heavy atom. The predicted molar refractivity (Wildman–Crippen MR) is 87.3 cm³/mol. The van der Waals surface area contributed by atoms with Gasteiger partial charge in [0.05, 0.1) is 4.88 Å². The molecule has 0 spiro atoms. The van der Waals surface area contributed by atoms with Gasteiger partial charge in [0, 0.05) is 10.7 Å². The summed E-state index contributed by atoms with van der Waals surface area (Å²) in [5, 5.41) is 7.30. The molecular formula is C15H11ClN4OS. The summed E-state index contributed by atoms with van der Waals surface area (Å²) in [6.45, 7) is 1.86. The third-order valence-corrected chi connectivity index (χ3v) is 3.97. The van der Waals surface area contributed by atoms with Crippen LogP contribution in [-0.4, -0.2) is 20.5 Å². The zero-order valence-electron chi connectivity index (χ0n) is 11.6. The summed E-state index contributed by atoms with van der Waals surface area (Å²) >= 11 is 7.05. The molecule has 0 saturated carbocycles. The van der Waals surface area contributed by atoms with Gasteiger partial charge in [0.15, 0.2) is 5.69 Å². The van der Waals surface area contributed by atoms with Crippen LogP contribution in [0.25, 0.3) is 10.4 Å². The van der Waals surface area contributed by atoms with Gasteiger partial charge in [-0.1, -0.05) is 34.3 Å². The van der Waals surface area contributed by atoms with Gasteiger partial charge in [-0.2, -0.15) is 0 Å². The number of anilines is 1. The number of benzene rings is 1. The fourth-order valence-electron chi connectivity index (χ4n) is 1.92. The van der Waals surface area contributed by atoms with Crippen LogP contribution in [0.3, 0.4) is 0 Å². The highest BCUT2D eigenvalue weighted by atomic mass is 35.5. The van der Waals surface area contributed by atoms with Gasteiger partial charge in [-0.3, -0.25) is 4.79 Å². The first-order valence-electron chi connectivity index (χ1n) is 6.47. The van der Waals surface area contributed by atoms with Gasteiger partial charge in [0.2, 0.25) is 0 Å². The molecule has 3 rings (SSSR count). The molecule has 0 unspecified atom stereocenters. The van der Waals surface area contributed by atoms with E-state index in [2.05, 4.69) is 19.9 Å². The van der Waals surface area contributed by atoms with Crippen LogP contribution >= 0.6 is 23.1 Å². The largest absolute Gasteiger partial charge is 0.305 e. The minimum Gasteiger partial charge on any atom is -0.305 e. The lowest BCUT2D eigenvalue weighted by atomic mass is 10.1. The Labute approximate surface area is 136 Å². The van der Waals surface area contributed by atoms with Crippen molar-refractivity contribution in [3.05, 3.63) is 58.9 Å². The standard InChI is InChI=1S/C15H11ClN4OS/c1-9-3-2-4-12(17-9)18-15(21)13-14(22-20-19-13)10-5-7-11(16)8-6-10/h2-8H,1H3,(H,17,18,21). The number of pyridine rings is 1. The summed E-state index contributed by atoms with van der Waals surface area (Å²) in [5.41, 5.74) is 1.95. The van der Waals surface area contributed by atoms with Crippen LogP contribution in [0.1, 0.15) is 16.2 Å². The highest BCUT2D eigenvalue weighted by molar-refractivity contribution is 7.09. The fourth-order valence-corrected chi connectivity index (χ4v) is 2.71. The van der Waals surface area contributed by atoms with E-state index in [9.17, 15) is 4.79 Å². The third-order valence-electron chi connectivity index (χ3n) is 2.94. The number of aromatic nitrogens is 3. The zero-order chi connectivity index (χ0) is 15.5. The lowest BCUT2D eigenvalue weighted by Crippen LogP contribution is -2.14. The number of carbonyl (C=O) groups is 1. The number of hydrogen-bond donors (Lipinski definition) is 1. The summed E-state index contributed by atoms with van der Waals surface area (Å²) in [6, 6.07) is 12.6. The average molecular weight is 331 g/mol. The van der Waals surface area contributed by atoms with E-state index in [0.717, 1.165) is 11.3 Å². The smallest absolute Gasteiger partial charge is 0.278 e. The fraction of sp³-hybridized carbons (Fsp3) is 0.0667. The lowest BCUT2D eigenvalue weighted by molar-refractivity contribution is 0.102. The van der Waals surface area contributed by atoms with Crippen molar-refractivity contribution >= 4 is 34.9 Å². The maximum atomic E-state index is 12.4. The Kier molecular flexibility index (Phi) is 4.13. The molecule has 0 atom stereocenters. The molecule has 1 aromatic carbocycles. The van der Waals surface area contributed by atoms with Crippen molar-refractivity contribution in [3.8, 4) is 10.4 Å². The second-order valence-corrected chi connectivity index (χ2v) is 5.77. The van der Waals surface area contributed by atoms with Crippen LogP contribution < -0.4 is 5.32 Å². The van der Waals surface area contributed by atoms with Crippen LogP contribution in [-0.2, 0) is 0 Å². The number of nitrogens with one attached hydrogen (secondary N) is 1. The monoisotopic (exact) mass is 330 g/mol. The molecule has 0 radical (unpaired) electrons. The van der Waals surface area contributed by atoms with Crippen molar-refractivity contribution in [2.75, 3.05) is 5.32 Å². The Hall–Kier alpha value is -2.31. The maximum Gasteiger partial charge on any atom is 0.278 e. The summed E-state index contributed by atoms with van der Waals surface area (Å²) < 4.78 is 3.88. The minimum atomic E-state index is -0.336. The van der Waals surface area contributed by atoms with Crippen LogP contribution in [0.15, 0.2) is 42.5 Å². The van der Waals surface area contributed by atoms with Gasteiger partial charge in [-0.15, -0.1) is 5.10 Å². The van der Waals surface area contributed by atoms with E-state index in [-0.39, 0.29) is 11.6 Å². The minimum absolute atomic E-state index is 0.274. The van der Waals surface area contributed by atoms with Crippen LogP contribution in [0.2, 0.25) is 5.02 Å². The van der Waals surface area contributed by atoms with E-state index < -0.39 is 0 Å². The number of carbonyl (C=O) groups excluding carboxylic acids is 1. The van der Waals surface area contributed by atoms with Crippen molar-refractivity contribution in [1.82, 2.24) is 14.6 Å². The molecule has 0 bridgehead atoms. The Morgan fingerprint density at radius 2 is 1.95 bits per heavy atom. The summed E-state index contributed by atoms with van der Waals surface area (Å²) in [4.78, 5) is 17.3. The SMILES string of the molecule is Cc1cccc(NC(=O)c2nnsc2-c2ccc(Cl)cc2)n1. The quantitative estimate of drug-likeness (QED) is 0.792. The summed E-state index contributed by atoms with van der Waals surface area (Å²) in [5.74, 6) is 0.150. The van der Waals surface area contributed by atoms with E-state index in [0.29, 0.717) is 15.7 Å². The molecule has 2 aromatic heterocycles. The summed E-state index contributed by atoms with van der Waals surface area (Å²) in [6.07, 6.45) is 0. The Bertz CT molecular complexity index is 816.